The third kappa shape index (κ3) is 6.11. The molecule has 1 aliphatic carbocycles. The molecule has 6 rings (SSSR count). The van der Waals surface area contributed by atoms with Crippen molar-refractivity contribution in [2.75, 3.05) is 42.6 Å². The van der Waals surface area contributed by atoms with E-state index in [9.17, 15) is 14.4 Å². The lowest BCUT2D eigenvalue weighted by molar-refractivity contribution is -0.131. The normalized spacial score (nSPS) is 19.1. The summed E-state index contributed by atoms with van der Waals surface area (Å²) in [6, 6.07) is 8.15. The van der Waals surface area contributed by atoms with Gasteiger partial charge in [-0.2, -0.15) is 15.2 Å². The molecule has 2 aromatic heterocycles. The van der Waals surface area contributed by atoms with Gasteiger partial charge in [-0.25, -0.2) is 4.39 Å². The van der Waals surface area contributed by atoms with Crippen LogP contribution in [-0.2, 0) is 22.5 Å². The van der Waals surface area contributed by atoms with Crippen LogP contribution in [-0.4, -0.2) is 76.8 Å². The Balaban J connectivity index is 1.33. The van der Waals surface area contributed by atoms with Crippen molar-refractivity contribution in [2.24, 2.45) is 0 Å². The van der Waals surface area contributed by atoms with Crippen LogP contribution in [0.2, 0.25) is 0 Å². The zero-order valence-electron chi connectivity index (χ0n) is 24.6. The molecule has 1 saturated heterocycles. The first-order valence-electron chi connectivity index (χ1n) is 14.9. The molecule has 0 N–H and O–H groups in total. The molecule has 3 aromatic rings. The molecular formula is C32H36FN7O3. The number of aromatic nitrogens is 3. The number of carbonyl (C=O) groups is 1. The van der Waals surface area contributed by atoms with Crippen molar-refractivity contribution in [3.63, 3.8) is 0 Å². The van der Waals surface area contributed by atoms with Crippen molar-refractivity contribution in [1.29, 1.82) is 5.26 Å². The first kappa shape index (κ1) is 28.8. The van der Waals surface area contributed by atoms with E-state index in [0.717, 1.165) is 47.5 Å². The van der Waals surface area contributed by atoms with E-state index in [1.165, 1.54) is 15.8 Å². The average Bonchev–Trinajstić information content (AvgIpc) is 3.84. The summed E-state index contributed by atoms with van der Waals surface area (Å²) in [5.41, 5.74) is 4.12. The summed E-state index contributed by atoms with van der Waals surface area (Å²) in [6.07, 6.45) is 6.80. The quantitative estimate of drug-likeness (QED) is 0.341. The largest absolute Gasteiger partial charge is 0.458 e. The molecule has 43 heavy (non-hydrogen) atoms. The van der Waals surface area contributed by atoms with Gasteiger partial charge in [0.05, 0.1) is 55.4 Å². The van der Waals surface area contributed by atoms with Crippen molar-refractivity contribution in [3.05, 3.63) is 59.8 Å². The monoisotopic (exact) mass is 585 g/mol. The maximum absolute atomic E-state index is 13.8. The number of anilines is 2. The molecule has 4 heterocycles. The predicted molar refractivity (Wildman–Crippen MR) is 161 cm³/mol. The number of hydrogen-bond acceptors (Lipinski definition) is 9. The van der Waals surface area contributed by atoms with Crippen LogP contribution in [0.5, 0.6) is 6.01 Å². The van der Waals surface area contributed by atoms with Crippen LogP contribution in [0.25, 0.3) is 10.8 Å². The minimum absolute atomic E-state index is 0.0723. The second-order valence-electron chi connectivity index (χ2n) is 11.6. The molecule has 2 aliphatic heterocycles. The topological polar surface area (TPSA) is 108 Å². The molecule has 1 aromatic carbocycles. The van der Waals surface area contributed by atoms with Gasteiger partial charge in [0.15, 0.2) is 5.83 Å². The molecule has 10 nitrogen and oxygen atoms in total. The Morgan fingerprint density at radius 1 is 1.21 bits per heavy atom. The van der Waals surface area contributed by atoms with Crippen molar-refractivity contribution >= 4 is 28.2 Å². The Kier molecular flexibility index (Phi) is 8.13. The van der Waals surface area contributed by atoms with Gasteiger partial charge in [0.25, 0.3) is 5.91 Å². The number of rotatable bonds is 9. The zero-order valence-corrected chi connectivity index (χ0v) is 24.6. The second-order valence-corrected chi connectivity index (χ2v) is 11.6. The summed E-state index contributed by atoms with van der Waals surface area (Å²) < 4.78 is 25.8. The molecule has 3 aliphatic rings. The van der Waals surface area contributed by atoms with E-state index in [4.69, 9.17) is 19.4 Å². The van der Waals surface area contributed by atoms with E-state index in [1.807, 2.05) is 25.4 Å². The number of amides is 1. The van der Waals surface area contributed by atoms with E-state index < -0.39 is 17.8 Å². The van der Waals surface area contributed by atoms with Gasteiger partial charge in [0, 0.05) is 48.7 Å². The Hall–Kier alpha value is -4.30. The number of nitriles is 1. The van der Waals surface area contributed by atoms with Gasteiger partial charge in [0.1, 0.15) is 11.9 Å². The fourth-order valence-electron chi connectivity index (χ4n) is 6.02. The lowest BCUT2D eigenvalue weighted by Gasteiger charge is -2.42. The summed E-state index contributed by atoms with van der Waals surface area (Å²) in [5.74, 6) is -1.06. The van der Waals surface area contributed by atoms with Crippen molar-refractivity contribution in [3.8, 4) is 12.1 Å². The molecule has 2 atom stereocenters. The number of benzene rings is 1. The number of aryl methyl sites for hydroxylation is 1. The van der Waals surface area contributed by atoms with Crippen LogP contribution in [0.15, 0.2) is 43.0 Å². The number of pyridine rings is 1. The average molecular weight is 586 g/mol. The third-order valence-electron chi connectivity index (χ3n) is 8.33. The number of ether oxygens (including phenoxy) is 2. The maximum Gasteiger partial charge on any atom is 0.319 e. The molecular weight excluding hydrogens is 549 g/mol. The fourth-order valence-corrected chi connectivity index (χ4v) is 6.02. The van der Waals surface area contributed by atoms with Crippen molar-refractivity contribution in [2.45, 2.75) is 64.3 Å². The number of halogens is 1. The molecule has 0 radical (unpaired) electrons. The molecule has 1 amide bonds. The molecule has 1 saturated carbocycles. The molecule has 2 fully saturated rings. The summed E-state index contributed by atoms with van der Waals surface area (Å²) in [7, 11) is 0. The van der Waals surface area contributed by atoms with E-state index in [1.54, 1.807) is 0 Å². The van der Waals surface area contributed by atoms with Gasteiger partial charge >= 0.3 is 6.01 Å². The maximum atomic E-state index is 13.8. The highest BCUT2D eigenvalue weighted by molar-refractivity contribution is 5.96. The molecule has 11 heteroatoms. The highest BCUT2D eigenvalue weighted by Gasteiger charge is 2.35. The van der Waals surface area contributed by atoms with Gasteiger partial charge in [-0.15, -0.1) is 0 Å². The standard InChI is InChI=1S/C32H36FN7O3/c1-20-5-4-6-23-15-35-16-28(29(20)23)38-12-10-26-27(18-38)36-32(43-21(2)19-42-25-7-8-25)37-30(26)39-13-14-40(31(41)22(3)33)24(17-39)9-11-34/h4-6,15-16,21,24-25H,3,7-10,12-14,17-19H2,1-2H3/t21-,24-/m0/s1. The van der Waals surface area contributed by atoms with E-state index in [2.05, 4.69) is 46.5 Å². The highest BCUT2D eigenvalue weighted by atomic mass is 19.1. The molecule has 0 unspecified atom stereocenters. The summed E-state index contributed by atoms with van der Waals surface area (Å²) in [4.78, 5) is 32.6. The number of piperazine rings is 1. The van der Waals surface area contributed by atoms with Crippen molar-refractivity contribution < 1.29 is 18.7 Å². The zero-order chi connectivity index (χ0) is 30.1. The van der Waals surface area contributed by atoms with Crippen LogP contribution < -0.4 is 14.5 Å². The van der Waals surface area contributed by atoms with Crippen molar-refractivity contribution in [1.82, 2.24) is 19.9 Å². The van der Waals surface area contributed by atoms with E-state index in [-0.39, 0.29) is 25.1 Å². The molecule has 0 spiro atoms. The number of fused-ring (bicyclic) bond motifs is 2. The molecule has 0 bridgehead atoms. The smallest absolute Gasteiger partial charge is 0.319 e. The van der Waals surface area contributed by atoms with Gasteiger partial charge in [-0.1, -0.05) is 24.8 Å². The Bertz CT molecular complexity index is 1580. The SMILES string of the molecule is C=C(F)C(=O)N1CCN(c2nc(O[C@@H](C)COC3CC3)nc3c2CCN(c2cncc4cccc(C)c24)C3)C[C@@H]1CC#N. The Morgan fingerprint density at radius 3 is 2.81 bits per heavy atom. The first-order chi connectivity index (χ1) is 20.8. The van der Waals surface area contributed by atoms with Gasteiger partial charge in [-0.3, -0.25) is 9.78 Å². The second kappa shape index (κ2) is 12.1. The van der Waals surface area contributed by atoms with E-state index in [0.29, 0.717) is 38.8 Å². The van der Waals surface area contributed by atoms with Crippen LogP contribution in [0.3, 0.4) is 0 Å². The summed E-state index contributed by atoms with van der Waals surface area (Å²) >= 11 is 0. The Labute approximate surface area is 250 Å². The minimum Gasteiger partial charge on any atom is -0.458 e. The van der Waals surface area contributed by atoms with Gasteiger partial charge < -0.3 is 24.2 Å². The lowest BCUT2D eigenvalue weighted by Crippen LogP contribution is -2.55. The van der Waals surface area contributed by atoms with E-state index >= 15 is 0 Å². The highest BCUT2D eigenvalue weighted by Crippen LogP contribution is 2.35. The Morgan fingerprint density at radius 2 is 2.05 bits per heavy atom. The van der Waals surface area contributed by atoms with Gasteiger partial charge in [-0.05, 0) is 38.7 Å². The number of carbonyl (C=O) groups excluding carboxylic acids is 1. The lowest BCUT2D eigenvalue weighted by atomic mass is 10.0. The third-order valence-corrected chi connectivity index (χ3v) is 8.33. The van der Waals surface area contributed by atoms with Crippen LogP contribution in [0.1, 0.15) is 43.0 Å². The van der Waals surface area contributed by atoms with Crippen LogP contribution in [0, 0.1) is 18.3 Å². The fraction of sp³-hybridized carbons (Fsp3) is 0.469. The summed E-state index contributed by atoms with van der Waals surface area (Å²) in [5, 5.41) is 11.7. The summed E-state index contributed by atoms with van der Waals surface area (Å²) in [6.45, 7) is 9.99. The predicted octanol–water partition coefficient (Wildman–Crippen LogP) is 4.26. The minimum atomic E-state index is -1.02. The van der Waals surface area contributed by atoms with Gasteiger partial charge in [0.2, 0.25) is 0 Å². The first-order valence-corrected chi connectivity index (χ1v) is 14.9. The molecule has 224 valence electrons. The van der Waals surface area contributed by atoms with Crippen LogP contribution in [0.4, 0.5) is 15.9 Å². The number of hydrogen-bond donors (Lipinski definition) is 0. The van der Waals surface area contributed by atoms with Crippen LogP contribution >= 0.6 is 0 Å². The number of nitrogens with zero attached hydrogens (tertiary/aromatic N) is 7.